The minimum atomic E-state index is -2.90. The summed E-state index contributed by atoms with van der Waals surface area (Å²) in [5.41, 5.74) is 1.31. The maximum atomic E-state index is 11.3. The number of hydrogen-bond donors (Lipinski definition) is 2. The van der Waals surface area contributed by atoms with Crippen LogP contribution in [0.2, 0.25) is 0 Å². The Morgan fingerprint density at radius 2 is 2.32 bits per heavy atom. The van der Waals surface area contributed by atoms with Crippen LogP contribution in [0.25, 0.3) is 0 Å². The van der Waals surface area contributed by atoms with Crippen LogP contribution in [-0.4, -0.2) is 42.5 Å². The van der Waals surface area contributed by atoms with E-state index in [9.17, 15) is 13.2 Å². The van der Waals surface area contributed by atoms with Crippen LogP contribution in [-0.2, 0) is 9.84 Å². The van der Waals surface area contributed by atoms with E-state index in [-0.39, 0.29) is 23.0 Å². The third kappa shape index (κ3) is 3.44. The van der Waals surface area contributed by atoms with E-state index in [1.807, 2.05) is 0 Å². The van der Waals surface area contributed by atoms with Crippen molar-refractivity contribution in [1.29, 1.82) is 0 Å². The lowest BCUT2D eigenvalue weighted by Crippen LogP contribution is -2.17. The van der Waals surface area contributed by atoms with Crippen LogP contribution in [0.3, 0.4) is 0 Å². The molecule has 1 atom stereocenters. The average Bonchev–Trinajstić information content (AvgIpc) is 2.66. The molecule has 2 N–H and O–H groups in total. The fraction of sp³-hybridized carbons (Fsp3) is 0.500. The summed E-state index contributed by atoms with van der Waals surface area (Å²) in [6.45, 7) is 2.24. The number of carbonyl (C=O) groups is 1. The zero-order chi connectivity index (χ0) is 14.0. The first-order valence-corrected chi connectivity index (χ1v) is 7.84. The van der Waals surface area contributed by atoms with Gasteiger partial charge in [0.2, 0.25) is 0 Å². The first-order valence-electron chi connectivity index (χ1n) is 6.01. The SMILES string of the molecule is Cc1cc(NCC2CCS(=O)(=O)C2)c(C(=O)O)cn1. The quantitative estimate of drug-likeness (QED) is 0.854. The normalized spacial score (nSPS) is 21.2. The van der Waals surface area contributed by atoms with Crippen LogP contribution >= 0.6 is 0 Å². The van der Waals surface area contributed by atoms with Crippen molar-refractivity contribution < 1.29 is 18.3 Å². The molecule has 1 saturated heterocycles. The van der Waals surface area contributed by atoms with Gasteiger partial charge < -0.3 is 10.4 Å². The predicted octanol–water partition coefficient (Wildman–Crippen LogP) is 0.935. The lowest BCUT2D eigenvalue weighted by atomic mass is 10.1. The summed E-state index contributed by atoms with van der Waals surface area (Å²) in [7, 11) is -2.90. The van der Waals surface area contributed by atoms with Gasteiger partial charge in [0.1, 0.15) is 5.56 Å². The number of aryl methyl sites for hydroxylation is 1. The van der Waals surface area contributed by atoms with E-state index < -0.39 is 15.8 Å². The first-order chi connectivity index (χ1) is 8.87. The molecule has 0 radical (unpaired) electrons. The highest BCUT2D eigenvalue weighted by Gasteiger charge is 2.27. The number of carboxylic acids is 1. The fourth-order valence-corrected chi connectivity index (χ4v) is 4.03. The molecular weight excluding hydrogens is 268 g/mol. The number of rotatable bonds is 4. The topological polar surface area (TPSA) is 96.4 Å². The number of hydrogen-bond acceptors (Lipinski definition) is 5. The van der Waals surface area contributed by atoms with Gasteiger partial charge in [-0.25, -0.2) is 13.2 Å². The Hall–Kier alpha value is -1.63. The molecule has 19 heavy (non-hydrogen) atoms. The first kappa shape index (κ1) is 13.8. The van der Waals surface area contributed by atoms with Crippen molar-refractivity contribution in [2.45, 2.75) is 13.3 Å². The van der Waals surface area contributed by atoms with Crippen molar-refractivity contribution in [3.8, 4) is 0 Å². The van der Waals surface area contributed by atoms with E-state index in [0.717, 1.165) is 0 Å². The second-order valence-corrected chi connectivity index (χ2v) is 7.06. The molecule has 0 aromatic carbocycles. The Bertz CT molecular complexity index is 598. The van der Waals surface area contributed by atoms with Crippen molar-refractivity contribution in [3.63, 3.8) is 0 Å². The zero-order valence-electron chi connectivity index (χ0n) is 10.6. The number of nitrogens with one attached hydrogen (secondary N) is 1. The molecule has 0 aliphatic carbocycles. The van der Waals surface area contributed by atoms with Crippen LogP contribution < -0.4 is 5.32 Å². The molecule has 104 valence electrons. The molecule has 2 rings (SSSR count). The van der Waals surface area contributed by atoms with Gasteiger partial charge in [-0.05, 0) is 25.3 Å². The van der Waals surface area contributed by atoms with E-state index >= 15 is 0 Å². The minimum absolute atomic E-state index is 0.0418. The number of anilines is 1. The number of pyridine rings is 1. The van der Waals surface area contributed by atoms with Gasteiger partial charge in [-0.2, -0.15) is 0 Å². The zero-order valence-corrected chi connectivity index (χ0v) is 11.4. The molecule has 0 saturated carbocycles. The molecule has 0 amide bonds. The predicted molar refractivity (Wildman–Crippen MR) is 71.2 cm³/mol. The molecule has 0 spiro atoms. The number of nitrogens with zero attached hydrogens (tertiary/aromatic N) is 1. The summed E-state index contributed by atoms with van der Waals surface area (Å²) < 4.78 is 22.7. The van der Waals surface area contributed by atoms with Gasteiger partial charge in [-0.1, -0.05) is 0 Å². The van der Waals surface area contributed by atoms with Crippen molar-refractivity contribution in [3.05, 3.63) is 23.5 Å². The number of carboxylic acid groups (broad SMARTS) is 1. The lowest BCUT2D eigenvalue weighted by Gasteiger charge is -2.13. The largest absolute Gasteiger partial charge is 0.478 e. The molecule has 2 heterocycles. The Balaban J connectivity index is 2.07. The number of sulfone groups is 1. The van der Waals surface area contributed by atoms with E-state index in [1.165, 1.54) is 6.20 Å². The van der Waals surface area contributed by atoms with Gasteiger partial charge in [0.15, 0.2) is 9.84 Å². The molecule has 1 unspecified atom stereocenters. The molecular formula is C12H16N2O4S. The highest BCUT2D eigenvalue weighted by atomic mass is 32.2. The molecule has 7 heteroatoms. The van der Waals surface area contributed by atoms with E-state index in [2.05, 4.69) is 10.3 Å². The van der Waals surface area contributed by atoms with Gasteiger partial charge in [0.05, 0.1) is 17.2 Å². The molecule has 1 fully saturated rings. The number of aromatic nitrogens is 1. The van der Waals surface area contributed by atoms with Crippen LogP contribution in [0, 0.1) is 12.8 Å². The molecule has 6 nitrogen and oxygen atoms in total. The minimum Gasteiger partial charge on any atom is -0.478 e. The molecule has 1 aromatic rings. The smallest absolute Gasteiger partial charge is 0.339 e. The summed E-state index contributed by atoms with van der Waals surface area (Å²) >= 11 is 0. The molecule has 1 aliphatic rings. The van der Waals surface area contributed by atoms with Gasteiger partial charge in [-0.3, -0.25) is 4.98 Å². The van der Waals surface area contributed by atoms with Crippen LogP contribution in [0.15, 0.2) is 12.3 Å². The molecule has 0 bridgehead atoms. The lowest BCUT2D eigenvalue weighted by molar-refractivity contribution is 0.0697. The molecule has 1 aromatic heterocycles. The monoisotopic (exact) mass is 284 g/mol. The van der Waals surface area contributed by atoms with Crippen LogP contribution in [0.5, 0.6) is 0 Å². The summed E-state index contributed by atoms with van der Waals surface area (Å²) in [6, 6.07) is 1.66. The van der Waals surface area contributed by atoms with Gasteiger partial charge in [0, 0.05) is 18.4 Å². The Labute approximate surface area is 111 Å². The summed E-state index contributed by atoms with van der Waals surface area (Å²) in [5.74, 6) is -0.610. The van der Waals surface area contributed by atoms with Crippen molar-refractivity contribution in [2.24, 2.45) is 5.92 Å². The fourth-order valence-electron chi connectivity index (χ4n) is 2.16. The van der Waals surface area contributed by atoms with Crippen molar-refractivity contribution in [2.75, 3.05) is 23.4 Å². The van der Waals surface area contributed by atoms with Crippen LogP contribution in [0.1, 0.15) is 22.5 Å². The Morgan fingerprint density at radius 1 is 1.58 bits per heavy atom. The van der Waals surface area contributed by atoms with Gasteiger partial charge >= 0.3 is 5.97 Å². The number of aromatic carboxylic acids is 1. The van der Waals surface area contributed by atoms with Gasteiger partial charge in [0.25, 0.3) is 0 Å². The summed E-state index contributed by atoms with van der Waals surface area (Å²) in [4.78, 5) is 15.0. The Morgan fingerprint density at radius 3 is 2.89 bits per heavy atom. The van der Waals surface area contributed by atoms with Crippen LogP contribution in [0.4, 0.5) is 5.69 Å². The second-order valence-electron chi connectivity index (χ2n) is 4.83. The third-order valence-corrected chi connectivity index (χ3v) is 5.02. The standard InChI is InChI=1S/C12H16N2O4S/c1-8-4-11(10(6-13-8)12(15)16)14-5-9-2-3-19(17,18)7-9/h4,6,9H,2-3,5,7H2,1H3,(H,13,14)(H,15,16). The van der Waals surface area contributed by atoms with Crippen molar-refractivity contribution >= 4 is 21.5 Å². The van der Waals surface area contributed by atoms with E-state index in [1.54, 1.807) is 13.0 Å². The highest BCUT2D eigenvalue weighted by molar-refractivity contribution is 7.91. The van der Waals surface area contributed by atoms with Crippen molar-refractivity contribution in [1.82, 2.24) is 4.98 Å². The maximum absolute atomic E-state index is 11.3. The maximum Gasteiger partial charge on any atom is 0.339 e. The second kappa shape index (κ2) is 5.16. The van der Waals surface area contributed by atoms with E-state index in [0.29, 0.717) is 24.3 Å². The Kier molecular flexibility index (Phi) is 3.75. The van der Waals surface area contributed by atoms with E-state index in [4.69, 9.17) is 5.11 Å². The van der Waals surface area contributed by atoms with Gasteiger partial charge in [-0.15, -0.1) is 0 Å². The third-order valence-electron chi connectivity index (χ3n) is 3.18. The molecule has 1 aliphatic heterocycles. The summed E-state index contributed by atoms with van der Waals surface area (Å²) in [5, 5.41) is 12.1. The highest BCUT2D eigenvalue weighted by Crippen LogP contribution is 2.21. The summed E-state index contributed by atoms with van der Waals surface area (Å²) in [6.07, 6.45) is 1.94. The average molecular weight is 284 g/mol.